The van der Waals surface area contributed by atoms with Crippen LogP contribution >= 0.6 is 11.3 Å². The lowest BCUT2D eigenvalue weighted by molar-refractivity contribution is -0.140. The van der Waals surface area contributed by atoms with Gasteiger partial charge in [0, 0.05) is 24.5 Å². The van der Waals surface area contributed by atoms with Gasteiger partial charge in [0.25, 0.3) is 5.91 Å². The first kappa shape index (κ1) is 14.5. The van der Waals surface area contributed by atoms with Crippen LogP contribution in [0.4, 0.5) is 0 Å². The standard InChI is InChI=1S/C15H20N2O3S/c18-14(17-7-6-16-11(9-17)15(19)20)13-8-10-4-2-1-3-5-12(10)21-13/h8,11,16H,1-7,9H2,(H,19,20). The summed E-state index contributed by atoms with van der Waals surface area (Å²) in [6, 6.07) is 1.38. The molecule has 1 unspecified atom stereocenters. The van der Waals surface area contributed by atoms with Crippen LogP contribution in [-0.4, -0.2) is 47.6 Å². The van der Waals surface area contributed by atoms with Crippen LogP contribution in [0.15, 0.2) is 6.07 Å². The Morgan fingerprint density at radius 2 is 2.10 bits per heavy atom. The van der Waals surface area contributed by atoms with Crippen LogP contribution in [0.2, 0.25) is 0 Å². The molecular weight excluding hydrogens is 288 g/mol. The average molecular weight is 308 g/mol. The van der Waals surface area contributed by atoms with E-state index in [1.165, 1.54) is 29.7 Å². The van der Waals surface area contributed by atoms with E-state index >= 15 is 0 Å². The number of hydrogen-bond donors (Lipinski definition) is 2. The maximum atomic E-state index is 12.6. The Bertz CT molecular complexity index is 532. The zero-order chi connectivity index (χ0) is 14.8. The van der Waals surface area contributed by atoms with Crippen molar-refractivity contribution in [1.29, 1.82) is 0 Å². The number of carbonyl (C=O) groups is 2. The molecule has 1 aliphatic heterocycles. The van der Waals surface area contributed by atoms with Crippen molar-refractivity contribution in [3.63, 3.8) is 0 Å². The number of carboxylic acids is 1. The average Bonchev–Trinajstić information content (AvgIpc) is 2.77. The van der Waals surface area contributed by atoms with Gasteiger partial charge in [0.15, 0.2) is 0 Å². The van der Waals surface area contributed by atoms with Crippen LogP contribution in [0.1, 0.15) is 39.4 Å². The third-order valence-corrected chi connectivity index (χ3v) is 5.44. The number of nitrogens with one attached hydrogen (secondary N) is 1. The second-order valence-corrected chi connectivity index (χ2v) is 6.85. The number of rotatable bonds is 2. The molecule has 0 aromatic carbocycles. The number of carbonyl (C=O) groups excluding carboxylic acids is 1. The fraction of sp³-hybridized carbons (Fsp3) is 0.600. The number of aliphatic carboxylic acids is 1. The molecule has 114 valence electrons. The van der Waals surface area contributed by atoms with Gasteiger partial charge >= 0.3 is 5.97 Å². The molecule has 0 radical (unpaired) electrons. The highest BCUT2D eigenvalue weighted by Gasteiger charge is 2.29. The van der Waals surface area contributed by atoms with Crippen molar-refractivity contribution in [2.75, 3.05) is 19.6 Å². The minimum Gasteiger partial charge on any atom is -0.480 e. The molecule has 1 aromatic heterocycles. The van der Waals surface area contributed by atoms with Gasteiger partial charge in [-0.15, -0.1) is 11.3 Å². The Labute approximate surface area is 128 Å². The Morgan fingerprint density at radius 1 is 1.29 bits per heavy atom. The lowest BCUT2D eigenvalue weighted by Crippen LogP contribution is -2.55. The number of carboxylic acid groups (broad SMARTS) is 1. The van der Waals surface area contributed by atoms with Gasteiger partial charge in [0.1, 0.15) is 6.04 Å². The molecule has 6 heteroatoms. The Kier molecular flexibility index (Phi) is 4.26. The predicted octanol–water partition coefficient (Wildman–Crippen LogP) is 1.52. The van der Waals surface area contributed by atoms with E-state index in [-0.39, 0.29) is 12.5 Å². The zero-order valence-electron chi connectivity index (χ0n) is 11.9. The van der Waals surface area contributed by atoms with Gasteiger partial charge in [-0.3, -0.25) is 9.59 Å². The monoisotopic (exact) mass is 308 g/mol. The van der Waals surface area contributed by atoms with Crippen molar-refractivity contribution in [3.8, 4) is 0 Å². The predicted molar refractivity (Wildman–Crippen MR) is 80.9 cm³/mol. The normalized spacial score (nSPS) is 22.5. The molecule has 21 heavy (non-hydrogen) atoms. The van der Waals surface area contributed by atoms with Gasteiger partial charge in [-0.2, -0.15) is 0 Å². The smallest absolute Gasteiger partial charge is 0.322 e. The van der Waals surface area contributed by atoms with Gasteiger partial charge in [-0.05, 0) is 37.3 Å². The molecule has 1 atom stereocenters. The summed E-state index contributed by atoms with van der Waals surface area (Å²) in [6.07, 6.45) is 5.82. The summed E-state index contributed by atoms with van der Waals surface area (Å²) in [5.74, 6) is -0.907. The zero-order valence-corrected chi connectivity index (χ0v) is 12.7. The number of thiophene rings is 1. The first-order valence-corrected chi connectivity index (χ1v) is 8.34. The Balaban J connectivity index is 1.74. The largest absolute Gasteiger partial charge is 0.480 e. The number of fused-ring (bicyclic) bond motifs is 1. The van der Waals surface area contributed by atoms with E-state index < -0.39 is 12.0 Å². The van der Waals surface area contributed by atoms with Gasteiger partial charge in [-0.1, -0.05) is 6.42 Å². The Hall–Kier alpha value is -1.40. The molecule has 2 heterocycles. The van der Waals surface area contributed by atoms with Crippen LogP contribution in [0.3, 0.4) is 0 Å². The number of nitrogens with zero attached hydrogens (tertiary/aromatic N) is 1. The van der Waals surface area contributed by atoms with Crippen molar-refractivity contribution in [1.82, 2.24) is 10.2 Å². The van der Waals surface area contributed by atoms with E-state index in [2.05, 4.69) is 5.32 Å². The van der Waals surface area contributed by atoms with E-state index in [9.17, 15) is 9.59 Å². The summed E-state index contributed by atoms with van der Waals surface area (Å²) in [5.41, 5.74) is 1.32. The van der Waals surface area contributed by atoms with Crippen molar-refractivity contribution >= 4 is 23.2 Å². The molecule has 0 spiro atoms. The van der Waals surface area contributed by atoms with Gasteiger partial charge in [0.05, 0.1) is 4.88 Å². The fourth-order valence-electron chi connectivity index (χ4n) is 3.03. The molecule has 3 rings (SSSR count). The van der Waals surface area contributed by atoms with E-state index in [4.69, 9.17) is 5.11 Å². The Morgan fingerprint density at radius 3 is 2.90 bits per heavy atom. The van der Waals surface area contributed by atoms with Crippen LogP contribution in [0.5, 0.6) is 0 Å². The molecule has 0 saturated carbocycles. The van der Waals surface area contributed by atoms with Crippen molar-refractivity contribution in [2.45, 2.75) is 38.1 Å². The highest BCUT2D eigenvalue weighted by Crippen LogP contribution is 2.29. The quantitative estimate of drug-likeness (QED) is 0.813. The summed E-state index contributed by atoms with van der Waals surface area (Å²) >= 11 is 1.60. The third-order valence-electron chi connectivity index (χ3n) is 4.22. The first-order valence-electron chi connectivity index (χ1n) is 7.52. The van der Waals surface area contributed by atoms with Crippen molar-refractivity contribution in [2.24, 2.45) is 0 Å². The first-order chi connectivity index (χ1) is 10.1. The SMILES string of the molecule is O=C(O)C1CN(C(=O)c2cc3c(s2)CCCCC3)CCN1. The second-order valence-electron chi connectivity index (χ2n) is 5.72. The van der Waals surface area contributed by atoms with E-state index in [1.54, 1.807) is 16.2 Å². The molecule has 0 bridgehead atoms. The number of aryl methyl sites for hydroxylation is 2. The molecule has 1 amide bonds. The van der Waals surface area contributed by atoms with Gasteiger partial charge in [-0.25, -0.2) is 0 Å². The number of amides is 1. The van der Waals surface area contributed by atoms with Crippen molar-refractivity contribution < 1.29 is 14.7 Å². The minimum atomic E-state index is -0.894. The lowest BCUT2D eigenvalue weighted by Gasteiger charge is -2.31. The van der Waals surface area contributed by atoms with E-state index in [1.807, 2.05) is 6.07 Å². The van der Waals surface area contributed by atoms with Crippen LogP contribution in [-0.2, 0) is 17.6 Å². The summed E-state index contributed by atoms with van der Waals surface area (Å²) < 4.78 is 0. The summed E-state index contributed by atoms with van der Waals surface area (Å²) in [5, 5.41) is 12.0. The minimum absolute atomic E-state index is 0.0131. The lowest BCUT2D eigenvalue weighted by atomic mass is 10.1. The van der Waals surface area contributed by atoms with Crippen LogP contribution in [0.25, 0.3) is 0 Å². The van der Waals surface area contributed by atoms with Gasteiger partial charge in [0.2, 0.25) is 0 Å². The maximum Gasteiger partial charge on any atom is 0.322 e. The highest BCUT2D eigenvalue weighted by atomic mass is 32.1. The van der Waals surface area contributed by atoms with Crippen LogP contribution < -0.4 is 5.32 Å². The fourth-order valence-corrected chi connectivity index (χ4v) is 4.25. The van der Waals surface area contributed by atoms with E-state index in [0.29, 0.717) is 13.1 Å². The molecule has 1 saturated heterocycles. The number of hydrogen-bond acceptors (Lipinski definition) is 4. The molecule has 1 aliphatic carbocycles. The molecule has 2 N–H and O–H groups in total. The third kappa shape index (κ3) is 3.11. The maximum absolute atomic E-state index is 12.6. The molecule has 1 aromatic rings. The van der Waals surface area contributed by atoms with Crippen molar-refractivity contribution in [3.05, 3.63) is 21.4 Å². The molecule has 2 aliphatic rings. The summed E-state index contributed by atoms with van der Waals surface area (Å²) in [4.78, 5) is 27.4. The molecule has 5 nitrogen and oxygen atoms in total. The number of piperazine rings is 1. The molecule has 1 fully saturated rings. The highest BCUT2D eigenvalue weighted by molar-refractivity contribution is 7.14. The second kappa shape index (κ2) is 6.15. The van der Waals surface area contributed by atoms with Gasteiger partial charge < -0.3 is 15.3 Å². The molecular formula is C15H20N2O3S. The topological polar surface area (TPSA) is 69.6 Å². The van der Waals surface area contributed by atoms with Crippen LogP contribution in [0, 0.1) is 0 Å². The van der Waals surface area contributed by atoms with E-state index in [0.717, 1.165) is 17.7 Å². The summed E-state index contributed by atoms with van der Waals surface area (Å²) in [7, 11) is 0. The summed E-state index contributed by atoms with van der Waals surface area (Å²) in [6.45, 7) is 1.36.